The first-order valence-electron chi connectivity index (χ1n) is 11.6. The van der Waals surface area contributed by atoms with E-state index in [1.54, 1.807) is 12.1 Å². The van der Waals surface area contributed by atoms with Crippen LogP contribution in [0.1, 0.15) is 60.0 Å². The number of halogens is 2. The van der Waals surface area contributed by atoms with E-state index in [2.05, 4.69) is 28.1 Å². The smallest absolute Gasteiger partial charge is 0.151 e. The molecule has 4 bridgehead atoms. The minimum absolute atomic E-state index is 0.142. The molecule has 0 heterocycles. The zero-order chi connectivity index (χ0) is 21.9. The lowest BCUT2D eigenvalue weighted by molar-refractivity contribution is -0.00640. The first-order chi connectivity index (χ1) is 15.5. The van der Waals surface area contributed by atoms with Gasteiger partial charge in [0.25, 0.3) is 0 Å². The highest BCUT2D eigenvalue weighted by Crippen LogP contribution is 2.62. The molecule has 0 atom stereocenters. The number of aldehydes is 1. The molecular formula is C28H26BrFO2. The van der Waals surface area contributed by atoms with Gasteiger partial charge in [0.2, 0.25) is 0 Å². The Bertz CT molecular complexity index is 1160. The lowest BCUT2D eigenvalue weighted by Crippen LogP contribution is -2.48. The largest absolute Gasteiger partial charge is 0.489 e. The van der Waals surface area contributed by atoms with Crippen molar-refractivity contribution in [2.45, 2.75) is 50.5 Å². The maximum Gasteiger partial charge on any atom is 0.151 e. The summed E-state index contributed by atoms with van der Waals surface area (Å²) in [6.45, 7) is 0.405. The van der Waals surface area contributed by atoms with Gasteiger partial charge in [0, 0.05) is 15.6 Å². The fourth-order valence-corrected chi connectivity index (χ4v) is 7.62. The van der Waals surface area contributed by atoms with Crippen LogP contribution in [0.2, 0.25) is 0 Å². The first-order valence-corrected chi connectivity index (χ1v) is 12.4. The van der Waals surface area contributed by atoms with Gasteiger partial charge in [-0.25, -0.2) is 4.39 Å². The summed E-state index contributed by atoms with van der Waals surface area (Å²) in [6, 6.07) is 14.9. The molecule has 0 aromatic heterocycles. The summed E-state index contributed by atoms with van der Waals surface area (Å²) < 4.78 is 20.6. The SMILES string of the molecule is O=Cc1c(Br)ccc2cc(OCc3ccc(F)cc3)c(C34CC5CC(CC(C5)C3)C4)cc12. The first kappa shape index (κ1) is 20.4. The number of carbonyl (C=O) groups is 1. The predicted octanol–water partition coefficient (Wildman–Crippen LogP) is 7.60. The van der Waals surface area contributed by atoms with Crippen LogP contribution >= 0.6 is 15.9 Å². The minimum atomic E-state index is -0.235. The van der Waals surface area contributed by atoms with E-state index in [-0.39, 0.29) is 11.2 Å². The molecule has 0 aliphatic heterocycles. The van der Waals surface area contributed by atoms with Crippen LogP contribution in [-0.2, 0) is 12.0 Å². The molecule has 0 N–H and O–H groups in total. The molecule has 0 spiro atoms. The van der Waals surface area contributed by atoms with E-state index in [9.17, 15) is 9.18 Å². The van der Waals surface area contributed by atoms with Gasteiger partial charge in [0.15, 0.2) is 6.29 Å². The number of fused-ring (bicyclic) bond motifs is 1. The van der Waals surface area contributed by atoms with Gasteiger partial charge >= 0.3 is 0 Å². The molecule has 0 radical (unpaired) electrons. The Morgan fingerprint density at radius 2 is 1.62 bits per heavy atom. The normalized spacial score (nSPS) is 28.2. The van der Waals surface area contributed by atoms with Gasteiger partial charge in [-0.15, -0.1) is 0 Å². The third kappa shape index (κ3) is 3.39. The average molecular weight is 493 g/mol. The van der Waals surface area contributed by atoms with E-state index in [1.807, 2.05) is 12.1 Å². The second-order valence-electron chi connectivity index (χ2n) is 10.3. The van der Waals surface area contributed by atoms with Gasteiger partial charge < -0.3 is 4.74 Å². The molecule has 4 heteroatoms. The molecule has 0 amide bonds. The zero-order valence-electron chi connectivity index (χ0n) is 18.0. The lowest BCUT2D eigenvalue weighted by atomic mass is 9.48. The topological polar surface area (TPSA) is 26.3 Å². The monoisotopic (exact) mass is 492 g/mol. The van der Waals surface area contributed by atoms with Crippen molar-refractivity contribution in [1.82, 2.24) is 0 Å². The molecule has 0 unspecified atom stereocenters. The highest BCUT2D eigenvalue weighted by molar-refractivity contribution is 9.10. The second kappa shape index (κ2) is 7.69. The Labute approximate surface area is 196 Å². The van der Waals surface area contributed by atoms with E-state index in [0.717, 1.165) is 50.6 Å². The Morgan fingerprint density at radius 1 is 0.969 bits per heavy atom. The van der Waals surface area contributed by atoms with E-state index in [0.29, 0.717) is 12.2 Å². The second-order valence-corrected chi connectivity index (χ2v) is 11.1. The molecule has 2 nitrogen and oxygen atoms in total. The summed E-state index contributed by atoms with van der Waals surface area (Å²) in [5.74, 6) is 3.13. The standard InChI is InChI=1S/C28H26BrFO2/c29-26-6-3-21-10-27(32-16-17-1-4-22(30)5-2-17)25(11-23(21)24(26)15-31)28-12-18-7-19(13-28)9-20(8-18)14-28/h1-6,10-11,15,18-20H,7-9,12-14,16H2. The van der Waals surface area contributed by atoms with Crippen LogP contribution in [0, 0.1) is 23.6 Å². The molecule has 4 saturated carbocycles. The van der Waals surface area contributed by atoms with Crippen LogP contribution < -0.4 is 4.74 Å². The fraction of sp³-hybridized carbons (Fsp3) is 0.393. The highest BCUT2D eigenvalue weighted by Gasteiger charge is 2.52. The van der Waals surface area contributed by atoms with Crippen molar-refractivity contribution in [3.05, 3.63) is 75.5 Å². The van der Waals surface area contributed by atoms with Crippen LogP contribution in [0.15, 0.2) is 53.0 Å². The summed E-state index contributed by atoms with van der Waals surface area (Å²) in [5.41, 5.74) is 3.07. The molecule has 3 aromatic carbocycles. The third-order valence-corrected chi connectivity index (χ3v) is 8.83. The van der Waals surface area contributed by atoms with Gasteiger partial charge in [-0.2, -0.15) is 0 Å². The number of hydrogen-bond donors (Lipinski definition) is 0. The lowest BCUT2D eigenvalue weighted by Gasteiger charge is -2.57. The number of hydrogen-bond acceptors (Lipinski definition) is 2. The van der Waals surface area contributed by atoms with Gasteiger partial charge in [-0.3, -0.25) is 4.79 Å². The van der Waals surface area contributed by atoms with Crippen molar-refractivity contribution in [2.75, 3.05) is 0 Å². The van der Waals surface area contributed by atoms with Crippen molar-refractivity contribution < 1.29 is 13.9 Å². The maximum absolute atomic E-state index is 13.3. The van der Waals surface area contributed by atoms with Crippen LogP contribution in [0.5, 0.6) is 5.75 Å². The number of benzene rings is 3. The van der Waals surface area contributed by atoms with Crippen molar-refractivity contribution in [1.29, 1.82) is 0 Å². The van der Waals surface area contributed by atoms with Gasteiger partial charge in [-0.05, 0) is 108 Å². The molecule has 164 valence electrons. The Hall–Kier alpha value is -2.20. The summed E-state index contributed by atoms with van der Waals surface area (Å²) in [7, 11) is 0. The van der Waals surface area contributed by atoms with E-state index in [1.165, 1.54) is 56.2 Å². The summed E-state index contributed by atoms with van der Waals surface area (Å²) >= 11 is 3.56. The average Bonchev–Trinajstić information content (AvgIpc) is 2.77. The van der Waals surface area contributed by atoms with E-state index >= 15 is 0 Å². The van der Waals surface area contributed by atoms with Crippen molar-refractivity contribution in [3.63, 3.8) is 0 Å². The predicted molar refractivity (Wildman–Crippen MR) is 128 cm³/mol. The van der Waals surface area contributed by atoms with Crippen LogP contribution in [0.25, 0.3) is 10.8 Å². The summed E-state index contributed by atoms with van der Waals surface area (Å²) in [5, 5.41) is 2.01. The molecule has 4 aliphatic rings. The zero-order valence-corrected chi connectivity index (χ0v) is 19.5. The van der Waals surface area contributed by atoms with Crippen molar-refractivity contribution in [2.24, 2.45) is 17.8 Å². The van der Waals surface area contributed by atoms with E-state index in [4.69, 9.17) is 4.74 Å². The number of ether oxygens (including phenoxy) is 1. The van der Waals surface area contributed by atoms with Crippen molar-refractivity contribution >= 4 is 33.0 Å². The van der Waals surface area contributed by atoms with Gasteiger partial charge in [-0.1, -0.05) is 34.1 Å². The van der Waals surface area contributed by atoms with Gasteiger partial charge in [0.05, 0.1) is 0 Å². The van der Waals surface area contributed by atoms with Crippen LogP contribution in [0.3, 0.4) is 0 Å². The number of rotatable bonds is 5. The molecule has 4 fully saturated rings. The summed E-state index contributed by atoms with van der Waals surface area (Å²) in [4.78, 5) is 11.9. The maximum atomic E-state index is 13.3. The Balaban J connectivity index is 1.47. The van der Waals surface area contributed by atoms with Crippen LogP contribution in [0.4, 0.5) is 4.39 Å². The molecule has 0 saturated heterocycles. The van der Waals surface area contributed by atoms with E-state index < -0.39 is 0 Å². The third-order valence-electron chi connectivity index (χ3n) is 8.14. The quantitative estimate of drug-likeness (QED) is 0.342. The molecular weight excluding hydrogens is 467 g/mol. The van der Waals surface area contributed by atoms with Gasteiger partial charge in [0.1, 0.15) is 18.2 Å². The molecule has 7 rings (SSSR count). The Kier molecular flexibility index (Phi) is 4.90. The molecule has 3 aromatic rings. The molecule has 32 heavy (non-hydrogen) atoms. The van der Waals surface area contributed by atoms with Crippen molar-refractivity contribution in [3.8, 4) is 5.75 Å². The fourth-order valence-electron chi connectivity index (χ4n) is 7.18. The van der Waals surface area contributed by atoms with Crippen LogP contribution in [-0.4, -0.2) is 6.29 Å². The minimum Gasteiger partial charge on any atom is -0.489 e. The number of carbonyl (C=O) groups excluding carboxylic acids is 1. The molecule has 4 aliphatic carbocycles. The Morgan fingerprint density at radius 3 is 2.25 bits per heavy atom. The summed E-state index contributed by atoms with van der Waals surface area (Å²) in [6.07, 6.45) is 8.76. The highest BCUT2D eigenvalue weighted by atomic mass is 79.9.